The van der Waals surface area contributed by atoms with Gasteiger partial charge in [-0.05, 0) is 133 Å². The number of hydrogen-bond donors (Lipinski definition) is 1. The van der Waals surface area contributed by atoms with Crippen LogP contribution >= 0.6 is 0 Å². The molecule has 55 heavy (non-hydrogen) atoms. The Kier molecular flexibility index (Phi) is 2.69. The lowest BCUT2D eigenvalue weighted by Gasteiger charge is -2.23. The molecule has 0 unspecified atom stereocenters. The van der Waals surface area contributed by atoms with Gasteiger partial charge in [0.15, 0.2) is 0 Å². The molecule has 0 saturated carbocycles. The van der Waals surface area contributed by atoms with E-state index in [0.29, 0.717) is 0 Å². The van der Waals surface area contributed by atoms with Crippen molar-refractivity contribution in [2.24, 2.45) is 0 Å². The van der Waals surface area contributed by atoms with Crippen LogP contribution < -0.4 is 0 Å². The number of fused-ring (bicyclic) bond motifs is 1. The van der Waals surface area contributed by atoms with Crippen LogP contribution in [0.1, 0.15) is 42.5 Å². The highest BCUT2D eigenvalue weighted by Gasteiger charge is 2.23. The standard InChI is InChI=1S/C54H32O/c55-49-31-38-16-7-15-36-23-26-45-42(27-28-46(49)54(45)51(36)38)48-30-39(41-24-21-37-20-19-34-13-6-14-35-22-25-44(41)52(37)50(34)35)29-47(33-9-2-1-3-10-33)53(48)43-18-8-12-32-11-4-5-17-40(32)43/h1-31,55H/i1D,2D,3D,4D,5D,6D,7D,8D,9D,10D,11D,12D,13D,14D,15D,16D,17D,18D,19D,20D,21D,22D,23D,24D,25D,26D,27D,28D,29D,30D,31D. The molecule has 0 radical (unpaired) electrons. The predicted molar refractivity (Wildman–Crippen MR) is 235 cm³/mol. The summed E-state index contributed by atoms with van der Waals surface area (Å²) in [5, 5.41) is 3.07. The van der Waals surface area contributed by atoms with Crippen LogP contribution in [-0.2, 0) is 0 Å². The van der Waals surface area contributed by atoms with Crippen LogP contribution in [0.25, 0.3) is 120 Å². The normalized spacial score (nSPS) is 20.0. The number of hydrogen-bond acceptors (Lipinski definition) is 1. The van der Waals surface area contributed by atoms with E-state index in [4.69, 9.17) is 20.6 Å². The van der Waals surface area contributed by atoms with Crippen molar-refractivity contribution in [1.29, 1.82) is 0 Å². The van der Waals surface area contributed by atoms with Crippen LogP contribution in [0, 0.1) is 0 Å². The van der Waals surface area contributed by atoms with Gasteiger partial charge in [-0.3, -0.25) is 0 Å². The Balaban J connectivity index is 1.51. The molecule has 0 fully saturated rings. The molecule has 1 nitrogen and oxygen atoms in total. The van der Waals surface area contributed by atoms with Crippen molar-refractivity contribution >= 4 is 75.4 Å². The summed E-state index contributed by atoms with van der Waals surface area (Å²) < 4.78 is 289. The zero-order chi connectivity index (χ0) is 63.2. The minimum atomic E-state index is -1.29. The average Bonchev–Trinajstić information content (AvgIpc) is 0.693. The monoisotopic (exact) mass is 727 g/mol. The number of benzene rings is 12. The van der Waals surface area contributed by atoms with E-state index in [0.717, 1.165) is 0 Å². The van der Waals surface area contributed by atoms with Gasteiger partial charge in [0.1, 0.15) is 5.75 Å². The molecule has 12 aromatic carbocycles. The molecule has 0 heterocycles. The van der Waals surface area contributed by atoms with Crippen molar-refractivity contribution in [2.75, 3.05) is 0 Å². The Hall–Kier alpha value is -7.22. The first-order valence-electron chi connectivity index (χ1n) is 32.0. The molecule has 0 spiro atoms. The smallest absolute Gasteiger partial charge is 0.124 e. The number of phenolic OH excluding ortho intramolecular Hbond substituents is 1. The van der Waals surface area contributed by atoms with Gasteiger partial charge < -0.3 is 5.11 Å². The molecule has 254 valence electrons. The van der Waals surface area contributed by atoms with Gasteiger partial charge >= 0.3 is 0 Å². The molecule has 12 rings (SSSR count). The van der Waals surface area contributed by atoms with Crippen molar-refractivity contribution in [2.45, 2.75) is 0 Å². The lowest BCUT2D eigenvalue weighted by Crippen LogP contribution is -1.96. The van der Waals surface area contributed by atoms with Crippen molar-refractivity contribution in [1.82, 2.24) is 0 Å². The van der Waals surface area contributed by atoms with E-state index in [1.807, 2.05) is 0 Å². The van der Waals surface area contributed by atoms with E-state index in [9.17, 15) is 27.0 Å². The molecule has 12 aromatic rings. The van der Waals surface area contributed by atoms with E-state index >= 15 is 0 Å². The molecule has 0 atom stereocenters. The molecule has 0 saturated heterocycles. The summed E-state index contributed by atoms with van der Waals surface area (Å²) in [6, 6.07) is -31.8. The van der Waals surface area contributed by atoms with Crippen LogP contribution in [-0.4, -0.2) is 5.11 Å². The third kappa shape index (κ3) is 4.35. The van der Waals surface area contributed by atoms with Gasteiger partial charge in [-0.2, -0.15) is 0 Å². The molecule has 0 aliphatic carbocycles. The van der Waals surface area contributed by atoms with Crippen LogP contribution in [0.5, 0.6) is 5.75 Å². The zero-order valence-electron chi connectivity index (χ0n) is 58.4. The van der Waals surface area contributed by atoms with E-state index in [-0.39, 0.29) is 0 Å². The zero-order valence-corrected chi connectivity index (χ0v) is 27.4. The summed E-state index contributed by atoms with van der Waals surface area (Å²) in [4.78, 5) is 0. The molecule has 0 aliphatic rings. The van der Waals surface area contributed by atoms with Gasteiger partial charge in [-0.15, -0.1) is 0 Å². The first kappa shape index (κ1) is 13.0. The molecular formula is C54H32O. The van der Waals surface area contributed by atoms with Crippen molar-refractivity contribution in [3.05, 3.63) is 187 Å². The highest BCUT2D eigenvalue weighted by atomic mass is 16.3. The molecule has 0 aliphatic heterocycles. The third-order valence-corrected chi connectivity index (χ3v) is 9.61. The molecular weight excluding hydrogens is 665 g/mol. The topological polar surface area (TPSA) is 20.2 Å². The van der Waals surface area contributed by atoms with E-state index in [1.54, 1.807) is 0 Å². The van der Waals surface area contributed by atoms with Crippen LogP contribution in [0.15, 0.2) is 187 Å². The Labute approximate surface area is 361 Å². The summed E-state index contributed by atoms with van der Waals surface area (Å²) in [6.45, 7) is 0. The predicted octanol–water partition coefficient (Wildman–Crippen LogP) is 15.0. The average molecular weight is 728 g/mol. The molecule has 1 N–H and O–H groups in total. The van der Waals surface area contributed by atoms with Crippen LogP contribution in [0.2, 0.25) is 0 Å². The lowest BCUT2D eigenvalue weighted by molar-refractivity contribution is 0.482. The number of rotatable bonds is 4. The highest BCUT2D eigenvalue weighted by molar-refractivity contribution is 6.28. The Bertz CT molecular complexity index is 5220. The van der Waals surface area contributed by atoms with Gasteiger partial charge in [-0.1, -0.05) is 163 Å². The van der Waals surface area contributed by atoms with Gasteiger partial charge in [0.05, 0.1) is 42.5 Å². The Morgan fingerprint density at radius 1 is 0.291 bits per heavy atom. The van der Waals surface area contributed by atoms with Gasteiger partial charge in [0.2, 0.25) is 0 Å². The Morgan fingerprint density at radius 2 is 0.836 bits per heavy atom. The summed E-state index contributed by atoms with van der Waals surface area (Å²) in [6.07, 6.45) is 0. The van der Waals surface area contributed by atoms with E-state index < -0.39 is 313 Å². The second-order valence-corrected chi connectivity index (χ2v) is 12.5. The maximum atomic E-state index is 11.9. The second kappa shape index (κ2) is 11.4. The van der Waals surface area contributed by atoms with Crippen molar-refractivity contribution < 1.29 is 47.6 Å². The quantitative estimate of drug-likeness (QED) is 0.179. The highest BCUT2D eigenvalue weighted by Crippen LogP contribution is 2.50. The SMILES string of the molecule is [2H]c1c([2H])c([2H])c(-c2c([2H])c(-c3c([2H])c([2H])c4c([2H])c([2H])c5c([2H])c([2H])c([2H])c6c([2H])c([2H])c3c4c56)c([2H])c(-c3c([2H])c([2H])c4c(O)c([2H])c5c([2H])c([2H])c([2H])c6c([2H])c([2H])c3c4c65)c2-c2c([2H])c([2H])c([2H])c3c([2H])c([2H])c([2H])c([2H])c23)c([2H])c1[2H]. The van der Waals surface area contributed by atoms with E-state index in [1.165, 1.54) is 0 Å². The largest absolute Gasteiger partial charge is 0.507 e. The first-order valence-corrected chi connectivity index (χ1v) is 16.5. The fourth-order valence-electron chi connectivity index (χ4n) is 7.30. The maximum Gasteiger partial charge on any atom is 0.124 e. The van der Waals surface area contributed by atoms with Gasteiger partial charge in [-0.25, -0.2) is 0 Å². The van der Waals surface area contributed by atoms with Crippen molar-refractivity contribution in [3.63, 3.8) is 0 Å². The van der Waals surface area contributed by atoms with Crippen molar-refractivity contribution in [3.8, 4) is 50.3 Å². The summed E-state index contributed by atoms with van der Waals surface area (Å²) in [7, 11) is 0. The summed E-state index contributed by atoms with van der Waals surface area (Å²) in [5.41, 5.74) is -8.29. The fourth-order valence-corrected chi connectivity index (χ4v) is 7.30. The molecule has 1 heteroatoms. The first-order chi connectivity index (χ1) is 40.1. The second-order valence-electron chi connectivity index (χ2n) is 12.5. The Morgan fingerprint density at radius 3 is 1.64 bits per heavy atom. The van der Waals surface area contributed by atoms with Gasteiger partial charge in [0.25, 0.3) is 0 Å². The third-order valence-electron chi connectivity index (χ3n) is 9.61. The molecule has 0 aromatic heterocycles. The van der Waals surface area contributed by atoms with Crippen LogP contribution in [0.3, 0.4) is 0 Å². The fraction of sp³-hybridized carbons (Fsp3) is 0. The number of phenols is 1. The lowest BCUT2D eigenvalue weighted by atomic mass is 9.80. The van der Waals surface area contributed by atoms with E-state index in [2.05, 4.69) is 0 Å². The molecule has 0 bridgehead atoms. The minimum Gasteiger partial charge on any atom is -0.507 e. The van der Waals surface area contributed by atoms with Crippen LogP contribution in [0.4, 0.5) is 0 Å². The summed E-state index contributed by atoms with van der Waals surface area (Å²) >= 11 is 0. The minimum absolute atomic E-state index is 0.427. The summed E-state index contributed by atoms with van der Waals surface area (Å²) in [5.74, 6) is -1.14. The number of aromatic hydroxyl groups is 1. The molecule has 0 amide bonds. The van der Waals surface area contributed by atoms with Gasteiger partial charge in [0, 0.05) is 10.8 Å². The maximum absolute atomic E-state index is 11.9.